The highest BCUT2D eigenvalue weighted by molar-refractivity contribution is 7.91. The molecule has 1 rings (SSSR count). The number of nitrogens with one attached hydrogen (secondary N) is 1. The van der Waals surface area contributed by atoms with Crippen LogP contribution in [0.1, 0.15) is 37.0 Å². The van der Waals surface area contributed by atoms with Crippen molar-refractivity contribution in [3.8, 4) is 5.75 Å². The van der Waals surface area contributed by atoms with E-state index in [9.17, 15) is 8.42 Å². The predicted molar refractivity (Wildman–Crippen MR) is 87.7 cm³/mol. The van der Waals surface area contributed by atoms with Crippen molar-refractivity contribution >= 4 is 9.84 Å². The molecule has 1 aromatic carbocycles. The van der Waals surface area contributed by atoms with Crippen molar-refractivity contribution in [2.45, 2.75) is 40.7 Å². The molecule has 0 bridgehead atoms. The van der Waals surface area contributed by atoms with Gasteiger partial charge in [-0.3, -0.25) is 0 Å². The molecule has 0 saturated heterocycles. The lowest BCUT2D eigenvalue weighted by Gasteiger charge is -2.14. The van der Waals surface area contributed by atoms with E-state index < -0.39 is 9.84 Å². The summed E-state index contributed by atoms with van der Waals surface area (Å²) in [4.78, 5) is 0. The maximum absolute atomic E-state index is 11.5. The normalized spacial score (nSPS) is 11.6. The van der Waals surface area contributed by atoms with Crippen molar-refractivity contribution in [2.75, 3.05) is 24.7 Å². The molecule has 0 aliphatic carbocycles. The summed E-state index contributed by atoms with van der Waals surface area (Å²) in [5.41, 5.74) is 3.33. The Morgan fingerprint density at radius 3 is 2.29 bits per heavy atom. The van der Waals surface area contributed by atoms with Crippen molar-refractivity contribution in [3.63, 3.8) is 0 Å². The molecule has 0 aromatic heterocycles. The van der Waals surface area contributed by atoms with E-state index in [4.69, 9.17) is 4.74 Å². The predicted octanol–water partition coefficient (Wildman–Crippen LogP) is 2.62. The van der Waals surface area contributed by atoms with Crippen LogP contribution in [0.25, 0.3) is 0 Å². The minimum Gasteiger partial charge on any atom is -0.492 e. The summed E-state index contributed by atoms with van der Waals surface area (Å²) in [6, 6.07) is 4.19. The Kier molecular flexibility index (Phi) is 7.18. The molecule has 1 N–H and O–H groups in total. The first-order valence-corrected chi connectivity index (χ1v) is 9.35. The molecule has 5 heteroatoms. The number of rotatable bonds is 9. The second-order valence-corrected chi connectivity index (χ2v) is 7.79. The van der Waals surface area contributed by atoms with Crippen molar-refractivity contribution in [2.24, 2.45) is 0 Å². The Hall–Kier alpha value is -1.07. The van der Waals surface area contributed by atoms with Gasteiger partial charge in [-0.15, -0.1) is 0 Å². The van der Waals surface area contributed by atoms with Gasteiger partial charge in [0.05, 0.1) is 5.75 Å². The molecule has 4 nitrogen and oxygen atoms in total. The van der Waals surface area contributed by atoms with Gasteiger partial charge in [0, 0.05) is 12.3 Å². The fourth-order valence-corrected chi connectivity index (χ4v) is 2.82. The average molecular weight is 313 g/mol. The monoisotopic (exact) mass is 313 g/mol. The lowest BCUT2D eigenvalue weighted by atomic mass is 10.1. The van der Waals surface area contributed by atoms with E-state index in [-0.39, 0.29) is 18.1 Å². The molecule has 0 fully saturated rings. The van der Waals surface area contributed by atoms with E-state index in [0.717, 1.165) is 36.4 Å². The largest absolute Gasteiger partial charge is 0.492 e. The van der Waals surface area contributed by atoms with E-state index >= 15 is 0 Å². The zero-order valence-corrected chi connectivity index (χ0v) is 14.3. The molecular formula is C16H27NO3S. The molecule has 0 atom stereocenters. The molecule has 0 unspecified atom stereocenters. The van der Waals surface area contributed by atoms with Gasteiger partial charge in [0.15, 0.2) is 9.84 Å². The second kappa shape index (κ2) is 8.39. The van der Waals surface area contributed by atoms with Gasteiger partial charge in [0.2, 0.25) is 0 Å². The Morgan fingerprint density at radius 1 is 1.14 bits per heavy atom. The maximum atomic E-state index is 11.5. The summed E-state index contributed by atoms with van der Waals surface area (Å²) < 4.78 is 28.6. The number of benzene rings is 1. The minimum absolute atomic E-state index is 0.0716. The molecule has 1 aromatic rings. The molecule has 0 saturated carbocycles. The van der Waals surface area contributed by atoms with E-state index in [1.54, 1.807) is 6.92 Å². The molecule has 0 radical (unpaired) electrons. The molecule has 0 aliphatic rings. The Balaban J connectivity index is 2.67. The highest BCUT2D eigenvalue weighted by atomic mass is 32.2. The molecule has 120 valence electrons. The summed E-state index contributed by atoms with van der Waals surface area (Å²) in [6.45, 7) is 9.87. The number of sulfone groups is 1. The van der Waals surface area contributed by atoms with Gasteiger partial charge in [-0.25, -0.2) is 8.42 Å². The van der Waals surface area contributed by atoms with Gasteiger partial charge in [-0.2, -0.15) is 0 Å². The zero-order valence-electron chi connectivity index (χ0n) is 13.5. The third-order valence-electron chi connectivity index (χ3n) is 3.36. The third kappa shape index (κ3) is 6.06. The minimum atomic E-state index is -2.97. The lowest BCUT2D eigenvalue weighted by molar-refractivity contribution is 0.336. The topological polar surface area (TPSA) is 55.4 Å². The van der Waals surface area contributed by atoms with E-state index in [2.05, 4.69) is 24.4 Å². The number of hydrogen-bond acceptors (Lipinski definition) is 4. The summed E-state index contributed by atoms with van der Waals surface area (Å²) in [6.07, 6.45) is 1.12. The van der Waals surface area contributed by atoms with E-state index in [1.807, 2.05) is 13.8 Å². The van der Waals surface area contributed by atoms with Crippen molar-refractivity contribution in [1.82, 2.24) is 5.32 Å². The first-order valence-electron chi connectivity index (χ1n) is 7.53. The van der Waals surface area contributed by atoms with E-state index in [1.165, 1.54) is 5.56 Å². The molecule has 0 amide bonds. The summed E-state index contributed by atoms with van der Waals surface area (Å²) in [5, 5.41) is 3.38. The SMILES string of the molecule is CCCNCc1cc(C)c(OCCS(=O)(=O)CC)c(C)c1. The average Bonchev–Trinajstić information content (AvgIpc) is 2.42. The summed E-state index contributed by atoms with van der Waals surface area (Å²) >= 11 is 0. The smallest absolute Gasteiger partial charge is 0.153 e. The highest BCUT2D eigenvalue weighted by Crippen LogP contribution is 2.24. The van der Waals surface area contributed by atoms with Gasteiger partial charge in [0.1, 0.15) is 12.4 Å². The van der Waals surface area contributed by atoms with Gasteiger partial charge in [0.25, 0.3) is 0 Å². The maximum Gasteiger partial charge on any atom is 0.153 e. The summed E-state index contributed by atoms with van der Waals surface area (Å²) in [7, 11) is -2.97. The molecule has 21 heavy (non-hydrogen) atoms. The van der Waals surface area contributed by atoms with Gasteiger partial charge in [-0.05, 0) is 43.5 Å². The Morgan fingerprint density at radius 2 is 1.76 bits per heavy atom. The van der Waals surface area contributed by atoms with Crippen LogP contribution in [0.15, 0.2) is 12.1 Å². The van der Waals surface area contributed by atoms with Crippen LogP contribution in [-0.4, -0.2) is 33.1 Å². The molecule has 0 heterocycles. The van der Waals surface area contributed by atoms with Crippen molar-refractivity contribution in [3.05, 3.63) is 28.8 Å². The first kappa shape index (κ1) is 18.0. The molecule has 0 spiro atoms. The fraction of sp³-hybridized carbons (Fsp3) is 0.625. The number of ether oxygens (including phenoxy) is 1. The second-order valence-electron chi connectivity index (χ2n) is 5.32. The van der Waals surface area contributed by atoms with Gasteiger partial charge >= 0.3 is 0 Å². The number of hydrogen-bond donors (Lipinski definition) is 1. The van der Waals surface area contributed by atoms with Crippen LogP contribution in [0.5, 0.6) is 5.75 Å². The van der Waals surface area contributed by atoms with Crippen molar-refractivity contribution in [1.29, 1.82) is 0 Å². The summed E-state index contributed by atoms with van der Waals surface area (Å²) in [5.74, 6) is 1.04. The highest BCUT2D eigenvalue weighted by Gasteiger charge is 2.10. The van der Waals surface area contributed by atoms with Gasteiger partial charge < -0.3 is 10.1 Å². The third-order valence-corrected chi connectivity index (χ3v) is 5.02. The number of aryl methyl sites for hydroxylation is 2. The first-order chi connectivity index (χ1) is 9.89. The van der Waals surface area contributed by atoms with Crippen LogP contribution in [0.2, 0.25) is 0 Å². The van der Waals surface area contributed by atoms with Crippen LogP contribution in [0.3, 0.4) is 0 Å². The van der Waals surface area contributed by atoms with Gasteiger partial charge in [-0.1, -0.05) is 26.0 Å². The zero-order chi connectivity index (χ0) is 15.9. The van der Waals surface area contributed by atoms with Crippen LogP contribution >= 0.6 is 0 Å². The lowest BCUT2D eigenvalue weighted by Crippen LogP contribution is -2.17. The molecular weight excluding hydrogens is 286 g/mol. The Labute approximate surface area is 128 Å². The van der Waals surface area contributed by atoms with Crippen LogP contribution in [-0.2, 0) is 16.4 Å². The molecule has 0 aliphatic heterocycles. The Bertz CT molecular complexity index is 530. The van der Waals surface area contributed by atoms with Crippen LogP contribution < -0.4 is 10.1 Å². The van der Waals surface area contributed by atoms with Crippen LogP contribution in [0, 0.1) is 13.8 Å². The fourth-order valence-electron chi connectivity index (χ4n) is 2.19. The van der Waals surface area contributed by atoms with Crippen molar-refractivity contribution < 1.29 is 13.2 Å². The quantitative estimate of drug-likeness (QED) is 0.712. The van der Waals surface area contributed by atoms with E-state index in [0.29, 0.717) is 0 Å². The van der Waals surface area contributed by atoms with Crippen LogP contribution in [0.4, 0.5) is 0 Å². The standard InChI is InChI=1S/C16H27NO3S/c1-5-7-17-12-15-10-13(3)16(14(4)11-15)20-8-9-21(18,19)6-2/h10-11,17H,5-9,12H2,1-4H3.